The van der Waals surface area contributed by atoms with E-state index >= 15 is 0 Å². The minimum absolute atomic E-state index is 0.223. The highest BCUT2D eigenvalue weighted by atomic mass is 79.9. The van der Waals surface area contributed by atoms with E-state index in [-0.39, 0.29) is 6.04 Å². The number of nitrogens with one attached hydrogen (secondary N) is 1. The summed E-state index contributed by atoms with van der Waals surface area (Å²) in [5.41, 5.74) is 4.25. The lowest BCUT2D eigenvalue weighted by atomic mass is 10.0. The molecule has 1 N–H and O–H groups in total. The molecule has 0 aliphatic heterocycles. The smallest absolute Gasteiger partial charge is 0.100 e. The lowest BCUT2D eigenvalue weighted by molar-refractivity contribution is 0.882. The number of halogens is 1. The Bertz CT molecular complexity index is 626. The third kappa shape index (κ3) is 3.40. The summed E-state index contributed by atoms with van der Waals surface area (Å²) in [5, 5.41) is 12.4. The number of nitriles is 1. The quantitative estimate of drug-likeness (QED) is 0.851. The van der Waals surface area contributed by atoms with Crippen molar-refractivity contribution in [2.24, 2.45) is 0 Å². The van der Waals surface area contributed by atoms with Gasteiger partial charge in [0.2, 0.25) is 0 Å². The second kappa shape index (κ2) is 6.58. The summed E-state index contributed by atoms with van der Waals surface area (Å²) in [6, 6.07) is 16.7. The number of benzene rings is 2. The molecule has 0 aliphatic carbocycles. The third-order valence-electron chi connectivity index (χ3n) is 3.36. The minimum Gasteiger partial charge on any atom is -0.378 e. The number of rotatable bonds is 4. The Kier molecular flexibility index (Phi) is 4.81. The molecule has 0 amide bonds. The molecule has 1 atom stereocenters. The monoisotopic (exact) mass is 328 g/mol. The van der Waals surface area contributed by atoms with Gasteiger partial charge in [0.1, 0.15) is 6.07 Å². The van der Waals surface area contributed by atoms with Crippen LogP contribution in [0.4, 0.5) is 5.69 Å². The predicted octanol–water partition coefficient (Wildman–Crippen LogP) is 5.06. The molecule has 1 unspecified atom stereocenters. The maximum atomic E-state index is 8.92. The highest BCUT2D eigenvalue weighted by molar-refractivity contribution is 9.10. The van der Waals surface area contributed by atoms with Crippen LogP contribution >= 0.6 is 15.9 Å². The van der Waals surface area contributed by atoms with Crippen LogP contribution in [0.2, 0.25) is 0 Å². The fraction of sp³-hybridized carbons (Fsp3) is 0.235. The van der Waals surface area contributed by atoms with Crippen molar-refractivity contribution in [2.45, 2.75) is 26.3 Å². The second-order valence-corrected chi connectivity index (χ2v) is 5.62. The Morgan fingerprint density at radius 3 is 2.45 bits per heavy atom. The third-order valence-corrected chi connectivity index (χ3v) is 4.02. The van der Waals surface area contributed by atoms with E-state index in [1.54, 1.807) is 0 Å². The first-order valence-corrected chi connectivity index (χ1v) is 7.48. The number of anilines is 1. The Morgan fingerprint density at radius 2 is 1.90 bits per heavy atom. The van der Waals surface area contributed by atoms with Gasteiger partial charge in [0.25, 0.3) is 0 Å². The second-order valence-electron chi connectivity index (χ2n) is 4.77. The van der Waals surface area contributed by atoms with Gasteiger partial charge in [-0.1, -0.05) is 31.2 Å². The molecular formula is C17H17BrN2. The van der Waals surface area contributed by atoms with Crippen LogP contribution in [-0.4, -0.2) is 0 Å². The fourth-order valence-electron chi connectivity index (χ4n) is 2.07. The standard InChI is InChI=1S/C17H17BrN2/c1-3-13-4-6-14(7-5-13)12(2)20-16-9-8-15(11-19)17(18)10-16/h4-10,12,20H,3H2,1-2H3. The van der Waals surface area contributed by atoms with Gasteiger partial charge in [0.15, 0.2) is 0 Å². The molecule has 3 heteroatoms. The van der Waals surface area contributed by atoms with Gasteiger partial charge in [-0.25, -0.2) is 0 Å². The van der Waals surface area contributed by atoms with Gasteiger partial charge in [-0.2, -0.15) is 5.26 Å². The molecule has 20 heavy (non-hydrogen) atoms. The number of nitrogens with zero attached hydrogens (tertiary/aromatic N) is 1. The summed E-state index contributed by atoms with van der Waals surface area (Å²) < 4.78 is 0.818. The van der Waals surface area contributed by atoms with Crippen molar-refractivity contribution in [3.63, 3.8) is 0 Å². The molecule has 2 rings (SSSR count). The summed E-state index contributed by atoms with van der Waals surface area (Å²) in [4.78, 5) is 0. The van der Waals surface area contributed by atoms with E-state index in [0.717, 1.165) is 16.6 Å². The van der Waals surface area contributed by atoms with Crippen molar-refractivity contribution in [1.29, 1.82) is 5.26 Å². The average molecular weight is 329 g/mol. The molecule has 0 aromatic heterocycles. The first kappa shape index (κ1) is 14.6. The van der Waals surface area contributed by atoms with Gasteiger partial charge in [-0.05, 0) is 58.6 Å². The van der Waals surface area contributed by atoms with Gasteiger partial charge in [-0.3, -0.25) is 0 Å². The van der Waals surface area contributed by atoms with E-state index in [1.165, 1.54) is 11.1 Å². The van der Waals surface area contributed by atoms with E-state index < -0.39 is 0 Å². The zero-order chi connectivity index (χ0) is 14.5. The summed E-state index contributed by atoms with van der Waals surface area (Å²) in [6.45, 7) is 4.29. The van der Waals surface area contributed by atoms with Crippen LogP contribution < -0.4 is 5.32 Å². The molecule has 2 nitrogen and oxygen atoms in total. The lowest BCUT2D eigenvalue weighted by Gasteiger charge is -2.16. The molecule has 0 heterocycles. The fourth-order valence-corrected chi connectivity index (χ4v) is 2.54. The van der Waals surface area contributed by atoms with Gasteiger partial charge in [0, 0.05) is 16.2 Å². The Morgan fingerprint density at radius 1 is 1.20 bits per heavy atom. The van der Waals surface area contributed by atoms with Crippen LogP contribution in [0.1, 0.15) is 36.6 Å². The molecule has 0 aliphatic rings. The molecule has 102 valence electrons. The summed E-state index contributed by atoms with van der Waals surface area (Å²) in [7, 11) is 0. The Balaban J connectivity index is 2.12. The lowest BCUT2D eigenvalue weighted by Crippen LogP contribution is -2.06. The molecule has 0 fully saturated rings. The summed E-state index contributed by atoms with van der Waals surface area (Å²) >= 11 is 3.41. The molecule has 0 saturated carbocycles. The molecule has 0 spiro atoms. The number of hydrogen-bond donors (Lipinski definition) is 1. The Hall–Kier alpha value is -1.79. The molecule has 0 radical (unpaired) electrons. The summed E-state index contributed by atoms with van der Waals surface area (Å²) in [6.07, 6.45) is 1.06. The van der Waals surface area contributed by atoms with Crippen molar-refractivity contribution in [1.82, 2.24) is 0 Å². The van der Waals surface area contributed by atoms with Crippen molar-refractivity contribution in [2.75, 3.05) is 5.32 Å². The zero-order valence-electron chi connectivity index (χ0n) is 11.7. The summed E-state index contributed by atoms with van der Waals surface area (Å²) in [5.74, 6) is 0. The van der Waals surface area contributed by atoms with Crippen LogP contribution in [0.15, 0.2) is 46.9 Å². The van der Waals surface area contributed by atoms with Crippen molar-refractivity contribution >= 4 is 21.6 Å². The first-order valence-electron chi connectivity index (χ1n) is 6.69. The van der Waals surface area contributed by atoms with Crippen LogP contribution in [-0.2, 0) is 6.42 Å². The number of hydrogen-bond acceptors (Lipinski definition) is 2. The maximum Gasteiger partial charge on any atom is 0.100 e. The first-order chi connectivity index (χ1) is 9.63. The zero-order valence-corrected chi connectivity index (χ0v) is 13.2. The van der Waals surface area contributed by atoms with Crippen molar-refractivity contribution in [3.05, 3.63) is 63.6 Å². The molecule has 2 aromatic rings. The van der Waals surface area contributed by atoms with E-state index in [4.69, 9.17) is 5.26 Å². The highest BCUT2D eigenvalue weighted by Crippen LogP contribution is 2.24. The van der Waals surface area contributed by atoms with E-state index in [2.05, 4.69) is 65.4 Å². The van der Waals surface area contributed by atoms with Crippen LogP contribution in [0.25, 0.3) is 0 Å². The molecule has 2 aromatic carbocycles. The van der Waals surface area contributed by atoms with Crippen molar-refractivity contribution in [3.8, 4) is 6.07 Å². The van der Waals surface area contributed by atoms with E-state index in [1.807, 2.05) is 18.2 Å². The van der Waals surface area contributed by atoms with Crippen LogP contribution in [0.3, 0.4) is 0 Å². The molecule has 0 saturated heterocycles. The van der Waals surface area contributed by atoms with Gasteiger partial charge < -0.3 is 5.32 Å². The molecule has 0 bridgehead atoms. The highest BCUT2D eigenvalue weighted by Gasteiger charge is 2.07. The van der Waals surface area contributed by atoms with E-state index in [0.29, 0.717) is 5.56 Å². The average Bonchev–Trinajstić information content (AvgIpc) is 2.47. The van der Waals surface area contributed by atoms with Gasteiger partial charge >= 0.3 is 0 Å². The normalized spacial score (nSPS) is 11.7. The predicted molar refractivity (Wildman–Crippen MR) is 86.7 cm³/mol. The largest absolute Gasteiger partial charge is 0.378 e. The van der Waals surface area contributed by atoms with Crippen molar-refractivity contribution < 1.29 is 0 Å². The van der Waals surface area contributed by atoms with Crippen LogP contribution in [0.5, 0.6) is 0 Å². The van der Waals surface area contributed by atoms with E-state index in [9.17, 15) is 0 Å². The minimum atomic E-state index is 0.223. The van der Waals surface area contributed by atoms with Gasteiger partial charge in [-0.15, -0.1) is 0 Å². The molecular weight excluding hydrogens is 312 g/mol. The topological polar surface area (TPSA) is 35.8 Å². The van der Waals surface area contributed by atoms with Crippen LogP contribution in [0, 0.1) is 11.3 Å². The Labute approximate surface area is 128 Å². The van der Waals surface area contributed by atoms with Gasteiger partial charge in [0.05, 0.1) is 5.56 Å². The number of aryl methyl sites for hydroxylation is 1. The maximum absolute atomic E-state index is 8.92. The SMILES string of the molecule is CCc1ccc(C(C)Nc2ccc(C#N)c(Br)c2)cc1.